The molecule has 0 bridgehead atoms. The van der Waals surface area contributed by atoms with E-state index >= 15 is 0 Å². The molecular weight excluding hydrogens is 577 g/mol. The Hall–Kier alpha value is -4.57. The molecule has 4 heterocycles. The predicted molar refractivity (Wildman–Crippen MR) is 172 cm³/mol. The van der Waals surface area contributed by atoms with Crippen LogP contribution in [0.3, 0.4) is 0 Å². The monoisotopic (exact) mass is 614 g/mol. The van der Waals surface area contributed by atoms with Gasteiger partial charge in [0.05, 0.1) is 61.7 Å². The molecule has 1 atom stereocenters. The fourth-order valence-corrected chi connectivity index (χ4v) is 6.48. The van der Waals surface area contributed by atoms with Crippen LogP contribution in [0.25, 0.3) is 16.7 Å². The third-order valence-corrected chi connectivity index (χ3v) is 8.72. The van der Waals surface area contributed by atoms with Crippen molar-refractivity contribution in [1.82, 2.24) is 19.3 Å². The van der Waals surface area contributed by atoms with Crippen LogP contribution < -0.4 is 9.80 Å². The van der Waals surface area contributed by atoms with Crippen LogP contribution in [0.5, 0.6) is 0 Å². The highest BCUT2D eigenvalue weighted by Gasteiger charge is 2.42. The number of halogens is 3. The first-order valence-corrected chi connectivity index (χ1v) is 14.9. The minimum absolute atomic E-state index is 0.120. The minimum Gasteiger partial charge on any atom is -0.370 e. The second-order valence-corrected chi connectivity index (χ2v) is 11.6. The molecule has 2 aliphatic heterocycles. The van der Waals surface area contributed by atoms with Gasteiger partial charge in [0.2, 0.25) is 0 Å². The van der Waals surface area contributed by atoms with E-state index in [2.05, 4.69) is 59.8 Å². The van der Waals surface area contributed by atoms with E-state index in [0.717, 1.165) is 61.7 Å². The first-order valence-electron chi connectivity index (χ1n) is 14.9. The molecule has 5 aromatic rings. The molecule has 0 radical (unpaired) electrons. The number of hydrogen-bond donors (Lipinski definition) is 0. The van der Waals surface area contributed by atoms with Crippen LogP contribution in [-0.2, 0) is 32.0 Å². The van der Waals surface area contributed by atoms with E-state index in [4.69, 9.17) is 9.84 Å². The lowest BCUT2D eigenvalue weighted by atomic mass is 9.94. The molecule has 2 aromatic heterocycles. The first kappa shape index (κ1) is 30.5. The Labute approximate surface area is 261 Å². The van der Waals surface area contributed by atoms with E-state index in [9.17, 15) is 13.2 Å². The number of alkyl halides is 3. The highest BCUT2D eigenvalue weighted by molar-refractivity contribution is 5.90. The maximum atomic E-state index is 14.0. The number of rotatable bonds is 7. The molecule has 1 saturated heterocycles. The van der Waals surface area contributed by atoms with Gasteiger partial charge in [-0.2, -0.15) is 5.10 Å². The van der Waals surface area contributed by atoms with Crippen molar-refractivity contribution in [3.8, 4) is 0 Å². The number of fused-ring (bicyclic) bond motifs is 2. The Balaban J connectivity index is 0.00000175. The molecule has 0 amide bonds. The summed E-state index contributed by atoms with van der Waals surface area (Å²) in [6.45, 7) is 7.53. The van der Waals surface area contributed by atoms with Crippen LogP contribution in [0.4, 0.5) is 24.5 Å². The zero-order chi connectivity index (χ0) is 31.9. The molecule has 0 saturated carbocycles. The van der Waals surface area contributed by atoms with Crippen LogP contribution in [0.1, 0.15) is 46.1 Å². The van der Waals surface area contributed by atoms with Crippen molar-refractivity contribution in [3.05, 3.63) is 113 Å². The first-order chi connectivity index (χ1) is 21.7. The summed E-state index contributed by atoms with van der Waals surface area (Å²) in [4.78, 5) is 8.59. The smallest absolute Gasteiger partial charge is 0.266 e. The molecule has 10 heteroatoms. The molecule has 0 aliphatic carbocycles. The Morgan fingerprint density at radius 2 is 1.73 bits per heavy atom. The van der Waals surface area contributed by atoms with Crippen molar-refractivity contribution < 1.29 is 17.9 Å². The number of ether oxygens (including phenoxy) is 1. The van der Waals surface area contributed by atoms with E-state index in [1.807, 2.05) is 60.0 Å². The zero-order valence-electron chi connectivity index (χ0n) is 26.0. The maximum Gasteiger partial charge on any atom is 0.266 e. The molecule has 3 aromatic carbocycles. The van der Waals surface area contributed by atoms with Gasteiger partial charge in [0.25, 0.3) is 5.92 Å². The summed E-state index contributed by atoms with van der Waals surface area (Å²) < 4.78 is 47.7. The van der Waals surface area contributed by atoms with Crippen molar-refractivity contribution >= 4 is 28.1 Å². The number of benzene rings is 3. The van der Waals surface area contributed by atoms with Crippen LogP contribution >= 0.6 is 0 Å². The molecule has 1 fully saturated rings. The Morgan fingerprint density at radius 3 is 2.44 bits per heavy atom. The third kappa shape index (κ3) is 5.59. The highest BCUT2D eigenvalue weighted by atomic mass is 19.3. The lowest BCUT2D eigenvalue weighted by molar-refractivity contribution is 0.0257. The minimum atomic E-state index is -2.66. The lowest BCUT2D eigenvalue weighted by Crippen LogP contribution is -2.26. The summed E-state index contributed by atoms with van der Waals surface area (Å²) in [5.74, 6) is -2.66. The number of nitrogens with zero attached hydrogens (tertiary/aromatic N) is 6. The van der Waals surface area contributed by atoms with Crippen LogP contribution in [0.15, 0.2) is 79.6 Å². The van der Waals surface area contributed by atoms with Crippen molar-refractivity contribution in [2.75, 3.05) is 30.1 Å². The summed E-state index contributed by atoms with van der Waals surface area (Å²) in [7, 11) is 4.42. The average molecular weight is 615 g/mol. The molecule has 7 rings (SSSR count). The second-order valence-electron chi connectivity index (χ2n) is 11.6. The van der Waals surface area contributed by atoms with E-state index < -0.39 is 5.92 Å². The van der Waals surface area contributed by atoms with Crippen molar-refractivity contribution in [1.29, 1.82) is 0 Å². The normalized spacial score (nSPS) is 17.1. The van der Waals surface area contributed by atoms with Gasteiger partial charge >= 0.3 is 0 Å². The van der Waals surface area contributed by atoms with Crippen molar-refractivity contribution in [2.45, 2.75) is 38.5 Å². The topological polar surface area (TPSA) is 51.4 Å². The molecule has 2 aliphatic rings. The summed E-state index contributed by atoms with van der Waals surface area (Å²) in [6.07, 6.45) is 1.69. The largest absolute Gasteiger partial charge is 0.370 e. The summed E-state index contributed by atoms with van der Waals surface area (Å²) in [5, 5.41) is 4.93. The molecule has 0 spiro atoms. The molecule has 0 N–H and O–H groups in total. The van der Waals surface area contributed by atoms with Gasteiger partial charge in [0.15, 0.2) is 0 Å². The summed E-state index contributed by atoms with van der Waals surface area (Å²) in [6, 6.07) is 22.2. The number of aryl methyl sites for hydroxylation is 3. The molecule has 7 nitrogen and oxygen atoms in total. The van der Waals surface area contributed by atoms with Gasteiger partial charge in [0.1, 0.15) is 5.69 Å². The molecule has 45 heavy (non-hydrogen) atoms. The standard InChI is InChI=1S/C34H34F2N6O.CH3F/c1-22-16-25(41-15-14-34(35,36)20-41)10-12-27(22)33-31-30(19-43-18-24-8-6-5-7-9-24)40(4)38-32(31)23(2)42(33)26-11-13-29-28(17-26)37-21-39(29)3;1-2/h5-13,16-17,21,33H,2,14-15,18-20H2,1,3-4H3;1H3. The fourth-order valence-electron chi connectivity index (χ4n) is 6.48. The number of aromatic nitrogens is 4. The molecule has 234 valence electrons. The SMILES string of the molecule is C=C1c2nn(C)c(COCc3ccccc3)c2C(c2ccc(N3CCC(F)(F)C3)cc2C)N1c1ccc2c(c1)ncn2C.CF. The highest BCUT2D eigenvalue weighted by Crippen LogP contribution is 2.49. The van der Waals surface area contributed by atoms with Crippen LogP contribution in [-0.4, -0.2) is 45.5 Å². The Kier molecular flexibility index (Phi) is 8.18. The Bertz CT molecular complexity index is 1850. The number of imidazole rings is 1. The number of hydrogen-bond acceptors (Lipinski definition) is 5. The van der Waals surface area contributed by atoms with Gasteiger partial charge in [-0.25, -0.2) is 13.8 Å². The number of anilines is 2. The van der Waals surface area contributed by atoms with E-state index in [0.29, 0.717) is 26.9 Å². The zero-order valence-corrected chi connectivity index (χ0v) is 26.0. The van der Waals surface area contributed by atoms with E-state index in [1.54, 1.807) is 4.90 Å². The van der Waals surface area contributed by atoms with Gasteiger partial charge in [0, 0.05) is 44.0 Å². The molecular formula is C35H37F3N6O. The lowest BCUT2D eigenvalue weighted by Gasteiger charge is -2.31. The molecule has 1 unspecified atom stereocenters. The Morgan fingerprint density at radius 1 is 0.978 bits per heavy atom. The van der Waals surface area contributed by atoms with Gasteiger partial charge < -0.3 is 19.1 Å². The van der Waals surface area contributed by atoms with Crippen LogP contribution in [0.2, 0.25) is 0 Å². The summed E-state index contributed by atoms with van der Waals surface area (Å²) in [5.41, 5.74) is 10.5. The third-order valence-electron chi connectivity index (χ3n) is 8.72. The van der Waals surface area contributed by atoms with Crippen molar-refractivity contribution in [2.24, 2.45) is 14.1 Å². The van der Waals surface area contributed by atoms with Gasteiger partial charge in [-0.05, 0) is 53.9 Å². The van der Waals surface area contributed by atoms with Gasteiger partial charge in [-0.1, -0.05) is 43.0 Å². The predicted octanol–water partition coefficient (Wildman–Crippen LogP) is 7.34. The van der Waals surface area contributed by atoms with Gasteiger partial charge in [-0.15, -0.1) is 0 Å². The van der Waals surface area contributed by atoms with E-state index in [-0.39, 0.29) is 19.0 Å². The van der Waals surface area contributed by atoms with Crippen molar-refractivity contribution in [3.63, 3.8) is 0 Å². The quantitative estimate of drug-likeness (QED) is 0.192. The summed E-state index contributed by atoms with van der Waals surface area (Å²) >= 11 is 0. The second kappa shape index (κ2) is 12.1. The average Bonchev–Trinajstić information content (AvgIpc) is 3.76. The van der Waals surface area contributed by atoms with Gasteiger partial charge in [-0.3, -0.25) is 9.07 Å². The maximum absolute atomic E-state index is 14.0. The fraction of sp³-hybridized carbons (Fsp3) is 0.314. The van der Waals surface area contributed by atoms with E-state index in [1.165, 1.54) is 0 Å². The van der Waals surface area contributed by atoms with Crippen LogP contribution in [0, 0.1) is 6.92 Å².